The zero-order valence-electron chi connectivity index (χ0n) is 18.3. The minimum absolute atomic E-state index is 0.00309. The number of aliphatic hydroxyl groups is 3. The van der Waals surface area contributed by atoms with Crippen LogP contribution in [-0.4, -0.2) is 44.7 Å². The maximum Gasteiger partial charge on any atom is 0.303 e. The Balaban J connectivity index is 1.59. The van der Waals surface area contributed by atoms with Crippen molar-refractivity contribution in [2.75, 3.05) is 0 Å². The van der Waals surface area contributed by atoms with Crippen LogP contribution in [0.2, 0.25) is 0 Å². The normalized spacial score (nSPS) is 52.9. The third-order valence-corrected chi connectivity index (χ3v) is 10.3. The third-order valence-electron chi connectivity index (χ3n) is 10.3. The van der Waals surface area contributed by atoms with E-state index in [0.717, 1.165) is 44.9 Å². The molecule has 1 unspecified atom stereocenters. The predicted molar refractivity (Wildman–Crippen MR) is 110 cm³/mol. The molecule has 0 spiro atoms. The number of carboxylic acid groups (broad SMARTS) is 1. The Morgan fingerprint density at radius 2 is 1.59 bits per heavy atom. The number of fused-ring (bicyclic) bond motifs is 5. The maximum absolute atomic E-state index is 11.3. The van der Waals surface area contributed by atoms with Gasteiger partial charge in [-0.1, -0.05) is 20.8 Å². The van der Waals surface area contributed by atoms with Gasteiger partial charge < -0.3 is 20.4 Å². The molecule has 0 aromatic rings. The minimum atomic E-state index is -0.748. The number of aliphatic hydroxyl groups excluding tert-OH is 3. The van der Waals surface area contributed by atoms with E-state index in [1.165, 1.54) is 0 Å². The smallest absolute Gasteiger partial charge is 0.303 e. The molecular weight excluding hydrogens is 368 g/mol. The van der Waals surface area contributed by atoms with Crippen LogP contribution in [0, 0.1) is 46.3 Å². The molecular formula is C24H40O5. The molecule has 4 N–H and O–H groups in total. The summed E-state index contributed by atoms with van der Waals surface area (Å²) in [5.41, 5.74) is 0.119. The zero-order valence-corrected chi connectivity index (χ0v) is 18.3. The van der Waals surface area contributed by atoms with Crippen molar-refractivity contribution >= 4 is 5.97 Å². The fourth-order valence-electron chi connectivity index (χ4n) is 8.77. The van der Waals surface area contributed by atoms with Crippen LogP contribution in [0.5, 0.6) is 0 Å². The number of carboxylic acids is 1. The van der Waals surface area contributed by atoms with Crippen molar-refractivity contribution < 1.29 is 25.2 Å². The summed E-state index contributed by atoms with van der Waals surface area (Å²) in [5, 5.41) is 41.7. The second kappa shape index (κ2) is 7.49. The van der Waals surface area contributed by atoms with Gasteiger partial charge in [-0.15, -0.1) is 0 Å². The van der Waals surface area contributed by atoms with Crippen molar-refractivity contribution in [2.24, 2.45) is 46.3 Å². The van der Waals surface area contributed by atoms with Crippen molar-refractivity contribution in [1.82, 2.24) is 0 Å². The number of rotatable bonds is 4. The van der Waals surface area contributed by atoms with Gasteiger partial charge in [0.25, 0.3) is 0 Å². The minimum Gasteiger partial charge on any atom is -0.481 e. The Morgan fingerprint density at radius 3 is 2.28 bits per heavy atom. The van der Waals surface area contributed by atoms with E-state index in [2.05, 4.69) is 20.8 Å². The molecule has 0 saturated heterocycles. The van der Waals surface area contributed by atoms with E-state index in [-0.39, 0.29) is 35.2 Å². The van der Waals surface area contributed by atoms with Gasteiger partial charge in [-0.25, -0.2) is 0 Å². The highest BCUT2D eigenvalue weighted by molar-refractivity contribution is 5.66. The fraction of sp³-hybridized carbons (Fsp3) is 0.958. The summed E-state index contributed by atoms with van der Waals surface area (Å²) in [4.78, 5) is 11.1. The van der Waals surface area contributed by atoms with E-state index in [1.54, 1.807) is 0 Å². The van der Waals surface area contributed by atoms with Gasteiger partial charge in [-0.2, -0.15) is 0 Å². The van der Waals surface area contributed by atoms with Crippen molar-refractivity contribution in [3.8, 4) is 0 Å². The summed E-state index contributed by atoms with van der Waals surface area (Å²) in [6, 6.07) is 0. The number of carbonyl (C=O) groups is 1. The molecule has 0 aromatic heterocycles. The lowest BCUT2D eigenvalue weighted by Gasteiger charge is -2.63. The Morgan fingerprint density at radius 1 is 0.931 bits per heavy atom. The van der Waals surface area contributed by atoms with Crippen molar-refractivity contribution in [3.05, 3.63) is 0 Å². The summed E-state index contributed by atoms with van der Waals surface area (Å²) in [6.07, 6.45) is 5.87. The van der Waals surface area contributed by atoms with Crippen LogP contribution in [-0.2, 0) is 4.79 Å². The van der Waals surface area contributed by atoms with Crippen LogP contribution < -0.4 is 0 Å². The molecule has 5 heteroatoms. The molecule has 4 saturated carbocycles. The van der Waals surface area contributed by atoms with Crippen LogP contribution in [0.4, 0.5) is 0 Å². The standard InChI is InChI=1S/C24H40O5/c1-13(4-7-19(26)27)15-5-6-16-20-17(9-11-23(15,16)2)24(3)10-8-14(25)12-18(24)21(28)22(20)29/h13-18,20-22,25,28-29H,4-12H2,1-3H3,(H,26,27)/t13-,14-,15-,16+,17+,18+,20+,21?,22+,23-,24-/m1/s1. The van der Waals surface area contributed by atoms with Crippen LogP contribution in [0.15, 0.2) is 0 Å². The molecule has 29 heavy (non-hydrogen) atoms. The van der Waals surface area contributed by atoms with Crippen LogP contribution in [0.3, 0.4) is 0 Å². The first-order chi connectivity index (χ1) is 13.6. The Hall–Kier alpha value is -0.650. The van der Waals surface area contributed by atoms with E-state index in [0.29, 0.717) is 30.1 Å². The van der Waals surface area contributed by atoms with Crippen LogP contribution in [0.1, 0.15) is 78.6 Å². The van der Waals surface area contributed by atoms with E-state index >= 15 is 0 Å². The average molecular weight is 409 g/mol. The monoisotopic (exact) mass is 408 g/mol. The van der Waals surface area contributed by atoms with Crippen molar-refractivity contribution in [1.29, 1.82) is 0 Å². The Labute approximate surface area is 174 Å². The first kappa shape index (κ1) is 21.6. The van der Waals surface area contributed by atoms with Gasteiger partial charge in [0.1, 0.15) is 0 Å². The lowest BCUT2D eigenvalue weighted by Crippen LogP contribution is -2.64. The van der Waals surface area contributed by atoms with Gasteiger partial charge in [-0.05, 0) is 97.7 Å². The third kappa shape index (κ3) is 3.27. The van der Waals surface area contributed by atoms with E-state index < -0.39 is 18.2 Å². The topological polar surface area (TPSA) is 98.0 Å². The van der Waals surface area contributed by atoms with Gasteiger partial charge in [-0.3, -0.25) is 4.79 Å². The highest BCUT2D eigenvalue weighted by Crippen LogP contribution is 2.68. The Bertz CT molecular complexity index is 637. The summed E-state index contributed by atoms with van der Waals surface area (Å²) < 4.78 is 0. The number of hydrogen-bond donors (Lipinski definition) is 4. The summed E-state index contributed by atoms with van der Waals surface area (Å²) in [6.45, 7) is 6.89. The Kier molecular flexibility index (Phi) is 5.57. The molecule has 0 amide bonds. The molecule has 0 aliphatic heterocycles. The molecule has 11 atom stereocenters. The molecule has 4 fully saturated rings. The largest absolute Gasteiger partial charge is 0.481 e. The summed E-state index contributed by atoms with van der Waals surface area (Å²) in [7, 11) is 0. The van der Waals surface area contributed by atoms with Crippen LogP contribution >= 0.6 is 0 Å². The highest BCUT2D eigenvalue weighted by Gasteiger charge is 2.65. The molecule has 0 heterocycles. The van der Waals surface area contributed by atoms with Crippen LogP contribution in [0.25, 0.3) is 0 Å². The lowest BCUT2D eigenvalue weighted by molar-refractivity contribution is -0.223. The summed E-state index contributed by atoms with van der Waals surface area (Å²) in [5.74, 6) is 1.06. The number of aliphatic carboxylic acids is 1. The van der Waals surface area contributed by atoms with Gasteiger partial charge in [0.2, 0.25) is 0 Å². The van der Waals surface area contributed by atoms with Gasteiger partial charge in [0.05, 0.1) is 18.3 Å². The van der Waals surface area contributed by atoms with E-state index in [1.807, 2.05) is 0 Å². The average Bonchev–Trinajstić information content (AvgIpc) is 3.02. The highest BCUT2D eigenvalue weighted by atomic mass is 16.4. The van der Waals surface area contributed by atoms with Crippen molar-refractivity contribution in [2.45, 2.75) is 96.9 Å². The molecule has 0 bridgehead atoms. The molecule has 0 radical (unpaired) electrons. The first-order valence-electron chi connectivity index (χ1n) is 11.9. The van der Waals surface area contributed by atoms with E-state index in [4.69, 9.17) is 5.11 Å². The first-order valence-corrected chi connectivity index (χ1v) is 11.9. The molecule has 4 aliphatic carbocycles. The lowest BCUT2D eigenvalue weighted by atomic mass is 9.43. The molecule has 4 rings (SSSR count). The fourth-order valence-corrected chi connectivity index (χ4v) is 8.77. The zero-order chi connectivity index (χ0) is 21.1. The molecule has 166 valence electrons. The van der Waals surface area contributed by atoms with Gasteiger partial charge in [0, 0.05) is 6.42 Å². The predicted octanol–water partition coefficient (Wildman–Crippen LogP) is 3.45. The number of hydrogen-bond acceptors (Lipinski definition) is 4. The van der Waals surface area contributed by atoms with Gasteiger partial charge >= 0.3 is 5.97 Å². The summed E-state index contributed by atoms with van der Waals surface area (Å²) >= 11 is 0. The van der Waals surface area contributed by atoms with E-state index in [9.17, 15) is 20.1 Å². The molecule has 5 nitrogen and oxygen atoms in total. The van der Waals surface area contributed by atoms with Crippen molar-refractivity contribution in [3.63, 3.8) is 0 Å². The SMILES string of the molecule is C[C@H](CCC(=O)O)[C@H]1CC[C@H]2[C@@H]3[C@H](O)C(O)[C@@H]4C[C@H](O)CC[C@]4(C)[C@H]3CC[C@]12C. The molecule has 0 aromatic carbocycles. The quantitative estimate of drug-likeness (QED) is 0.571. The van der Waals surface area contributed by atoms with Gasteiger partial charge in [0.15, 0.2) is 0 Å². The second-order valence-electron chi connectivity index (χ2n) is 11.5. The maximum atomic E-state index is 11.3. The molecule has 4 aliphatic rings. The second-order valence-corrected chi connectivity index (χ2v) is 11.5.